The van der Waals surface area contributed by atoms with Gasteiger partial charge in [-0.2, -0.15) is 0 Å². The molecule has 3 heteroatoms. The van der Waals surface area contributed by atoms with Gasteiger partial charge in [0.2, 0.25) is 0 Å². The van der Waals surface area contributed by atoms with Gasteiger partial charge in [-0.1, -0.05) is 34.5 Å². The van der Waals surface area contributed by atoms with Gasteiger partial charge in [-0.3, -0.25) is 0 Å². The summed E-state index contributed by atoms with van der Waals surface area (Å²) in [5, 5.41) is 1.13. The number of hydrogen-bond donors (Lipinski definition) is 0. The Balaban J connectivity index is 2.21. The highest BCUT2D eigenvalue weighted by Crippen LogP contribution is 2.27. The van der Waals surface area contributed by atoms with Gasteiger partial charge in [-0.15, -0.1) is 11.8 Å². The first-order valence-corrected chi connectivity index (χ1v) is 7.68. The lowest BCUT2D eigenvalue weighted by molar-refractivity contribution is 0.788. The highest BCUT2D eigenvalue weighted by Gasteiger charge is 1.98. The summed E-state index contributed by atoms with van der Waals surface area (Å²) in [6.45, 7) is 0. The van der Waals surface area contributed by atoms with E-state index in [1.54, 1.807) is 0 Å². The second kappa shape index (κ2) is 7.77. The molecule has 0 N–H and O–H groups in total. The molecule has 0 heterocycles. The van der Waals surface area contributed by atoms with Crippen LogP contribution in [0, 0.1) is 0 Å². The molecule has 0 nitrogen and oxygen atoms in total. The fourth-order valence-electron chi connectivity index (χ4n) is 1.12. The molecule has 1 rings (SSSR count). The van der Waals surface area contributed by atoms with Crippen LogP contribution in [-0.4, -0.2) is 11.1 Å². The van der Waals surface area contributed by atoms with Crippen LogP contribution in [-0.2, 0) is 0 Å². The van der Waals surface area contributed by atoms with Gasteiger partial charge in [0.1, 0.15) is 0 Å². The molecular weight excluding hydrogens is 324 g/mol. The topological polar surface area (TPSA) is 0 Å². The summed E-state index contributed by atoms with van der Waals surface area (Å²) >= 11 is 8.93. The molecule has 1 aromatic carbocycles. The van der Waals surface area contributed by atoms with E-state index in [2.05, 4.69) is 56.1 Å². The Kier molecular flexibility index (Phi) is 7.00. The predicted molar refractivity (Wildman–Crippen MR) is 72.5 cm³/mol. The Labute approximate surface area is 107 Å². The zero-order chi connectivity index (χ0) is 10.2. The Bertz CT molecular complexity index is 263. The van der Waals surface area contributed by atoms with Gasteiger partial charge < -0.3 is 0 Å². The number of rotatable bonds is 6. The minimum absolute atomic E-state index is 1.13. The van der Waals surface area contributed by atoms with Gasteiger partial charge in [0.05, 0.1) is 0 Å². The molecule has 0 unspecified atom stereocenters. The fraction of sp³-hybridized carbons (Fsp3) is 0.455. The molecule has 1 aromatic rings. The number of thioether (sulfide) groups is 1. The zero-order valence-electron chi connectivity index (χ0n) is 8.01. The molecule has 0 amide bonds. The van der Waals surface area contributed by atoms with Gasteiger partial charge in [-0.05, 0) is 46.7 Å². The van der Waals surface area contributed by atoms with Crippen LogP contribution in [0.2, 0.25) is 0 Å². The molecule has 0 atom stereocenters. The average molecular weight is 338 g/mol. The van der Waals surface area contributed by atoms with Gasteiger partial charge in [0.15, 0.2) is 0 Å². The van der Waals surface area contributed by atoms with Crippen LogP contribution in [0.5, 0.6) is 0 Å². The molecule has 0 saturated heterocycles. The smallest absolute Gasteiger partial charge is 0.0311 e. The second-order valence-electron chi connectivity index (χ2n) is 3.03. The molecule has 14 heavy (non-hydrogen) atoms. The highest BCUT2D eigenvalue weighted by atomic mass is 79.9. The molecule has 0 bridgehead atoms. The van der Waals surface area contributed by atoms with Crippen LogP contribution in [0.15, 0.2) is 33.6 Å². The molecule has 0 spiro atoms. The maximum Gasteiger partial charge on any atom is 0.0311 e. The lowest BCUT2D eigenvalue weighted by atomic mass is 10.3. The minimum Gasteiger partial charge on any atom is -0.125 e. The van der Waals surface area contributed by atoms with Gasteiger partial charge >= 0.3 is 0 Å². The van der Waals surface area contributed by atoms with Crippen LogP contribution in [0.3, 0.4) is 0 Å². The van der Waals surface area contributed by atoms with E-state index in [9.17, 15) is 0 Å². The molecule has 0 aromatic heterocycles. The fourth-order valence-corrected chi connectivity index (χ4v) is 3.09. The van der Waals surface area contributed by atoms with E-state index < -0.39 is 0 Å². The van der Waals surface area contributed by atoms with Crippen molar-refractivity contribution in [2.24, 2.45) is 0 Å². The van der Waals surface area contributed by atoms with Crippen LogP contribution >= 0.6 is 43.6 Å². The van der Waals surface area contributed by atoms with Gasteiger partial charge in [-0.25, -0.2) is 0 Å². The molecular formula is C11H14Br2S. The third kappa shape index (κ3) is 4.85. The Morgan fingerprint density at radius 3 is 2.57 bits per heavy atom. The number of hydrogen-bond acceptors (Lipinski definition) is 1. The number of alkyl halides is 1. The van der Waals surface area contributed by atoms with E-state index in [1.807, 2.05) is 11.8 Å². The molecule has 0 radical (unpaired) electrons. The lowest BCUT2D eigenvalue weighted by Crippen LogP contribution is -1.82. The average Bonchev–Trinajstić information content (AvgIpc) is 2.20. The third-order valence-electron chi connectivity index (χ3n) is 1.87. The van der Waals surface area contributed by atoms with Crippen molar-refractivity contribution in [2.75, 3.05) is 11.1 Å². The van der Waals surface area contributed by atoms with Crippen LogP contribution in [0.25, 0.3) is 0 Å². The van der Waals surface area contributed by atoms with Crippen molar-refractivity contribution in [3.63, 3.8) is 0 Å². The van der Waals surface area contributed by atoms with E-state index in [1.165, 1.54) is 34.4 Å². The first kappa shape index (κ1) is 12.6. The van der Waals surface area contributed by atoms with Crippen molar-refractivity contribution in [3.8, 4) is 0 Å². The summed E-state index contributed by atoms with van der Waals surface area (Å²) < 4.78 is 1.21. The normalized spacial score (nSPS) is 10.4. The van der Waals surface area contributed by atoms with Gasteiger partial charge in [0, 0.05) is 14.7 Å². The molecule has 0 fully saturated rings. The van der Waals surface area contributed by atoms with Crippen molar-refractivity contribution in [2.45, 2.75) is 24.2 Å². The van der Waals surface area contributed by atoms with Crippen molar-refractivity contribution in [1.82, 2.24) is 0 Å². The number of benzene rings is 1. The summed E-state index contributed by atoms with van der Waals surface area (Å²) in [5.41, 5.74) is 0. The van der Waals surface area contributed by atoms with E-state index in [0.29, 0.717) is 0 Å². The quantitative estimate of drug-likeness (QED) is 0.395. The molecule has 0 aliphatic rings. The largest absolute Gasteiger partial charge is 0.125 e. The van der Waals surface area contributed by atoms with E-state index >= 15 is 0 Å². The maximum atomic E-state index is 3.55. The van der Waals surface area contributed by atoms with Crippen LogP contribution in [0.1, 0.15) is 19.3 Å². The van der Waals surface area contributed by atoms with E-state index in [4.69, 9.17) is 0 Å². The van der Waals surface area contributed by atoms with Gasteiger partial charge in [0.25, 0.3) is 0 Å². The lowest BCUT2D eigenvalue weighted by Gasteiger charge is -2.03. The van der Waals surface area contributed by atoms with Crippen LogP contribution in [0.4, 0.5) is 0 Å². The number of unbranched alkanes of at least 4 members (excludes halogenated alkanes) is 2. The van der Waals surface area contributed by atoms with Crippen molar-refractivity contribution < 1.29 is 0 Å². The summed E-state index contributed by atoms with van der Waals surface area (Å²) in [6.07, 6.45) is 3.91. The first-order chi connectivity index (χ1) is 6.84. The monoisotopic (exact) mass is 336 g/mol. The first-order valence-electron chi connectivity index (χ1n) is 4.78. The Hall–Kier alpha value is 0.530. The van der Waals surface area contributed by atoms with Crippen molar-refractivity contribution in [1.29, 1.82) is 0 Å². The summed E-state index contributed by atoms with van der Waals surface area (Å²) in [4.78, 5) is 1.35. The molecule has 0 aliphatic heterocycles. The summed E-state index contributed by atoms with van der Waals surface area (Å²) in [7, 11) is 0. The molecule has 0 aliphatic carbocycles. The standard InChI is InChI=1S/C11H14Br2S/c12-8-4-1-5-9-14-11-7-3-2-6-10(11)13/h2-3,6-7H,1,4-5,8-9H2. The van der Waals surface area contributed by atoms with E-state index in [-0.39, 0.29) is 0 Å². The Morgan fingerprint density at radius 2 is 1.86 bits per heavy atom. The zero-order valence-corrected chi connectivity index (χ0v) is 12.0. The predicted octanol–water partition coefficient (Wildman–Crippen LogP) is 5.11. The van der Waals surface area contributed by atoms with E-state index in [0.717, 1.165) is 5.33 Å². The second-order valence-corrected chi connectivity index (χ2v) is 5.81. The molecule has 78 valence electrons. The molecule has 0 saturated carbocycles. The van der Waals surface area contributed by atoms with Crippen molar-refractivity contribution >= 4 is 43.6 Å². The highest BCUT2D eigenvalue weighted by molar-refractivity contribution is 9.10. The summed E-state index contributed by atoms with van der Waals surface area (Å²) in [6, 6.07) is 8.41. The maximum absolute atomic E-state index is 3.55. The van der Waals surface area contributed by atoms with Crippen LogP contribution < -0.4 is 0 Å². The SMILES string of the molecule is BrCCCCCSc1ccccc1Br. The minimum atomic E-state index is 1.13. The van der Waals surface area contributed by atoms with Crippen molar-refractivity contribution in [3.05, 3.63) is 28.7 Å². The Morgan fingerprint density at radius 1 is 1.07 bits per heavy atom. The number of halogens is 2. The summed E-state index contributed by atoms with van der Waals surface area (Å²) in [5.74, 6) is 1.22. The third-order valence-corrected chi connectivity index (χ3v) is 4.55.